The summed E-state index contributed by atoms with van der Waals surface area (Å²) in [4.78, 5) is 46.8. The molecule has 3 amide bonds. The molecule has 0 saturated carbocycles. The largest absolute Gasteiger partial charge is 0.480 e. The van der Waals surface area contributed by atoms with Crippen molar-refractivity contribution in [3.8, 4) is 0 Å². The van der Waals surface area contributed by atoms with Gasteiger partial charge >= 0.3 is 5.97 Å². The maximum absolute atomic E-state index is 12.2. The minimum Gasteiger partial charge on any atom is -0.480 e. The Morgan fingerprint density at radius 3 is 2.00 bits per heavy atom. The smallest absolute Gasteiger partial charge is 0.328 e. The molecule has 0 radical (unpaired) electrons. The van der Waals surface area contributed by atoms with Crippen molar-refractivity contribution >= 4 is 23.7 Å². The standard InChI is InChI=1S/C16H30N4O6/c1-8(2)5-10(17)14(23)20-13(9(3)4)15(24)18-6-12(22)19-11(7-21)16(25)26/h8-11,13,21H,5-7,17H2,1-4H3,(H,18,24)(H,19,22)(H,20,23)(H,25,26). The summed E-state index contributed by atoms with van der Waals surface area (Å²) in [6.07, 6.45) is 0.471. The molecular weight excluding hydrogens is 344 g/mol. The van der Waals surface area contributed by atoms with Gasteiger partial charge in [0.15, 0.2) is 0 Å². The second kappa shape index (κ2) is 11.4. The topological polar surface area (TPSA) is 171 Å². The van der Waals surface area contributed by atoms with E-state index in [9.17, 15) is 19.2 Å². The summed E-state index contributed by atoms with van der Waals surface area (Å²) in [6, 6.07) is -3.08. The number of nitrogens with one attached hydrogen (secondary N) is 3. The molecule has 150 valence electrons. The number of amides is 3. The molecule has 0 aromatic carbocycles. The summed E-state index contributed by atoms with van der Waals surface area (Å²) in [6.45, 7) is 6.05. The Balaban J connectivity index is 4.67. The van der Waals surface area contributed by atoms with Gasteiger partial charge in [0, 0.05) is 0 Å². The predicted molar refractivity (Wildman–Crippen MR) is 93.9 cm³/mol. The van der Waals surface area contributed by atoms with E-state index in [1.165, 1.54) is 0 Å². The van der Waals surface area contributed by atoms with E-state index in [1.807, 2.05) is 13.8 Å². The van der Waals surface area contributed by atoms with Crippen molar-refractivity contribution in [1.29, 1.82) is 0 Å². The lowest BCUT2D eigenvalue weighted by molar-refractivity contribution is -0.142. The van der Waals surface area contributed by atoms with E-state index in [1.54, 1.807) is 13.8 Å². The SMILES string of the molecule is CC(C)CC(N)C(=O)NC(C(=O)NCC(=O)NC(CO)C(=O)O)C(C)C. The lowest BCUT2D eigenvalue weighted by Gasteiger charge is -2.24. The van der Waals surface area contributed by atoms with E-state index < -0.39 is 55.0 Å². The Hall–Kier alpha value is -2.20. The quantitative estimate of drug-likeness (QED) is 0.247. The summed E-state index contributed by atoms with van der Waals surface area (Å²) < 4.78 is 0. The van der Waals surface area contributed by atoms with Gasteiger partial charge in [0.1, 0.15) is 12.1 Å². The minimum atomic E-state index is -1.45. The van der Waals surface area contributed by atoms with Crippen LogP contribution in [0.2, 0.25) is 0 Å². The van der Waals surface area contributed by atoms with Crippen molar-refractivity contribution in [2.75, 3.05) is 13.2 Å². The average molecular weight is 374 g/mol. The molecule has 0 fully saturated rings. The Morgan fingerprint density at radius 2 is 1.58 bits per heavy atom. The van der Waals surface area contributed by atoms with Crippen LogP contribution in [0.4, 0.5) is 0 Å². The molecule has 0 saturated heterocycles. The molecule has 0 aromatic rings. The highest BCUT2D eigenvalue weighted by molar-refractivity contribution is 5.92. The third-order valence-corrected chi connectivity index (χ3v) is 3.55. The fourth-order valence-corrected chi connectivity index (χ4v) is 2.12. The average Bonchev–Trinajstić information content (AvgIpc) is 2.53. The van der Waals surface area contributed by atoms with Crippen LogP contribution in [0.25, 0.3) is 0 Å². The van der Waals surface area contributed by atoms with Gasteiger partial charge in [-0.15, -0.1) is 0 Å². The molecule has 3 atom stereocenters. The van der Waals surface area contributed by atoms with Crippen molar-refractivity contribution in [3.63, 3.8) is 0 Å². The lowest BCUT2D eigenvalue weighted by Crippen LogP contribution is -2.55. The van der Waals surface area contributed by atoms with Crippen LogP contribution in [-0.2, 0) is 19.2 Å². The van der Waals surface area contributed by atoms with Crippen LogP contribution < -0.4 is 21.7 Å². The van der Waals surface area contributed by atoms with Crippen LogP contribution in [-0.4, -0.2) is 65.2 Å². The number of aliphatic carboxylic acids is 1. The van der Waals surface area contributed by atoms with Crippen LogP contribution in [0.15, 0.2) is 0 Å². The molecule has 10 heteroatoms. The van der Waals surface area contributed by atoms with Crippen LogP contribution in [0.5, 0.6) is 0 Å². The molecule has 0 rings (SSSR count). The molecule has 0 aliphatic carbocycles. The van der Waals surface area contributed by atoms with Gasteiger partial charge < -0.3 is 31.9 Å². The summed E-state index contributed by atoms with van der Waals surface area (Å²) in [5, 5.41) is 24.6. The summed E-state index contributed by atoms with van der Waals surface area (Å²) in [7, 11) is 0. The van der Waals surface area contributed by atoms with Crippen LogP contribution >= 0.6 is 0 Å². The van der Waals surface area contributed by atoms with Gasteiger partial charge in [0.05, 0.1) is 19.2 Å². The first-order valence-corrected chi connectivity index (χ1v) is 8.46. The van der Waals surface area contributed by atoms with E-state index in [0.717, 1.165) is 0 Å². The van der Waals surface area contributed by atoms with Crippen molar-refractivity contribution in [3.05, 3.63) is 0 Å². The molecule has 0 aliphatic heterocycles. The summed E-state index contributed by atoms with van der Waals surface area (Å²) >= 11 is 0. The van der Waals surface area contributed by atoms with Crippen LogP contribution in [0.3, 0.4) is 0 Å². The number of carbonyl (C=O) groups excluding carboxylic acids is 3. The maximum Gasteiger partial charge on any atom is 0.328 e. The third kappa shape index (κ3) is 8.77. The molecule has 0 bridgehead atoms. The molecule has 3 unspecified atom stereocenters. The number of hydrogen-bond acceptors (Lipinski definition) is 6. The molecule has 0 heterocycles. The molecule has 7 N–H and O–H groups in total. The van der Waals surface area contributed by atoms with Crippen molar-refractivity contribution in [2.24, 2.45) is 17.6 Å². The molecule has 0 aliphatic rings. The first-order valence-electron chi connectivity index (χ1n) is 8.46. The molecule has 26 heavy (non-hydrogen) atoms. The Morgan fingerprint density at radius 1 is 1.00 bits per heavy atom. The lowest BCUT2D eigenvalue weighted by atomic mass is 10.0. The van der Waals surface area contributed by atoms with Gasteiger partial charge in [-0.05, 0) is 18.3 Å². The molecule has 0 aromatic heterocycles. The van der Waals surface area contributed by atoms with Crippen LogP contribution in [0.1, 0.15) is 34.1 Å². The van der Waals surface area contributed by atoms with E-state index in [0.29, 0.717) is 6.42 Å². The number of aliphatic hydroxyl groups is 1. The summed E-state index contributed by atoms with van der Waals surface area (Å²) in [5.74, 6) is -3.24. The second-order valence-corrected chi connectivity index (χ2v) is 6.83. The number of nitrogens with two attached hydrogens (primary N) is 1. The van der Waals surface area contributed by atoms with Crippen LogP contribution in [0, 0.1) is 11.8 Å². The number of rotatable bonds is 11. The van der Waals surface area contributed by atoms with E-state index in [2.05, 4.69) is 16.0 Å². The van der Waals surface area contributed by atoms with Crippen molar-refractivity contribution in [1.82, 2.24) is 16.0 Å². The third-order valence-electron chi connectivity index (χ3n) is 3.55. The van der Waals surface area contributed by atoms with E-state index >= 15 is 0 Å². The predicted octanol–water partition coefficient (Wildman–Crippen LogP) is -1.82. The second-order valence-electron chi connectivity index (χ2n) is 6.83. The molecule has 10 nitrogen and oxygen atoms in total. The Labute approximate surface area is 152 Å². The van der Waals surface area contributed by atoms with Gasteiger partial charge in [-0.2, -0.15) is 0 Å². The highest BCUT2D eigenvalue weighted by Crippen LogP contribution is 2.06. The first kappa shape index (κ1) is 23.8. The number of aliphatic hydroxyl groups excluding tert-OH is 1. The normalized spacial score (nSPS) is 14.5. The van der Waals surface area contributed by atoms with Crippen molar-refractivity contribution < 1.29 is 29.4 Å². The highest BCUT2D eigenvalue weighted by Gasteiger charge is 2.27. The first-order chi connectivity index (χ1) is 12.0. The van der Waals surface area contributed by atoms with Gasteiger partial charge in [-0.1, -0.05) is 27.7 Å². The van der Waals surface area contributed by atoms with Gasteiger partial charge in [-0.25, -0.2) is 4.79 Å². The van der Waals surface area contributed by atoms with E-state index in [4.69, 9.17) is 15.9 Å². The molecular formula is C16H30N4O6. The number of carboxylic acids is 1. The fourth-order valence-electron chi connectivity index (χ4n) is 2.12. The maximum atomic E-state index is 12.2. The van der Waals surface area contributed by atoms with Gasteiger partial charge in [-0.3, -0.25) is 14.4 Å². The van der Waals surface area contributed by atoms with Gasteiger partial charge in [0.2, 0.25) is 17.7 Å². The number of hydrogen-bond donors (Lipinski definition) is 6. The Kier molecular flexibility index (Phi) is 10.5. The van der Waals surface area contributed by atoms with E-state index in [-0.39, 0.29) is 11.8 Å². The fraction of sp³-hybridized carbons (Fsp3) is 0.750. The zero-order valence-electron chi connectivity index (χ0n) is 15.6. The van der Waals surface area contributed by atoms with Crippen molar-refractivity contribution in [2.45, 2.75) is 52.2 Å². The Bertz CT molecular complexity index is 509. The monoisotopic (exact) mass is 374 g/mol. The molecule has 0 spiro atoms. The zero-order valence-corrected chi connectivity index (χ0v) is 15.6. The number of carboxylic acid groups (broad SMARTS) is 1. The number of carbonyl (C=O) groups is 4. The summed E-state index contributed by atoms with van der Waals surface area (Å²) in [5.41, 5.74) is 5.80. The van der Waals surface area contributed by atoms with Gasteiger partial charge in [0.25, 0.3) is 0 Å². The minimum absolute atomic E-state index is 0.222. The highest BCUT2D eigenvalue weighted by atomic mass is 16.4. The zero-order chi connectivity index (χ0) is 20.4.